The van der Waals surface area contributed by atoms with Gasteiger partial charge in [-0.25, -0.2) is 4.79 Å². The van der Waals surface area contributed by atoms with Crippen LogP contribution in [0.5, 0.6) is 11.5 Å². The van der Waals surface area contributed by atoms with Crippen LogP contribution >= 0.6 is 0 Å². The lowest BCUT2D eigenvalue weighted by Gasteiger charge is -2.15. The number of aliphatic hydroxyl groups is 1. The van der Waals surface area contributed by atoms with E-state index in [2.05, 4.69) is 0 Å². The van der Waals surface area contributed by atoms with Gasteiger partial charge in [-0.15, -0.1) is 0 Å². The maximum atomic E-state index is 12.3. The van der Waals surface area contributed by atoms with Crippen LogP contribution in [0.1, 0.15) is 26.5 Å². The molecular weight excluding hydrogens is 344 g/mol. The predicted octanol–water partition coefficient (Wildman–Crippen LogP) is 4.12. The van der Waals surface area contributed by atoms with Gasteiger partial charge in [-0.2, -0.15) is 0 Å². The van der Waals surface area contributed by atoms with E-state index in [9.17, 15) is 15.0 Å². The first-order chi connectivity index (χ1) is 12.9. The number of aliphatic hydroxyl groups excluding tert-OH is 1. The lowest BCUT2D eigenvalue weighted by Crippen LogP contribution is -2.11. The lowest BCUT2D eigenvalue weighted by molar-refractivity contribution is 0.186. The molecule has 3 aromatic rings. The number of phenols is 1. The molecule has 0 saturated heterocycles. The summed E-state index contributed by atoms with van der Waals surface area (Å²) < 4.78 is 11.1. The van der Waals surface area contributed by atoms with Crippen LogP contribution in [0.4, 0.5) is 0 Å². The van der Waals surface area contributed by atoms with Gasteiger partial charge in [-0.1, -0.05) is 38.1 Å². The molecule has 0 saturated carbocycles. The number of phenolic OH excluding ortho intramolecular Hbond substituents is 1. The molecule has 0 amide bonds. The molecule has 1 aromatic heterocycles. The fourth-order valence-corrected chi connectivity index (χ4v) is 3.03. The summed E-state index contributed by atoms with van der Waals surface area (Å²) in [5, 5.41) is 21.4. The predicted molar refractivity (Wildman–Crippen MR) is 105 cm³/mol. The second kappa shape index (κ2) is 7.84. The Morgan fingerprint density at radius 1 is 1.07 bits per heavy atom. The van der Waals surface area contributed by atoms with Gasteiger partial charge >= 0.3 is 5.63 Å². The molecule has 142 valence electrons. The average Bonchev–Trinajstić information content (AvgIpc) is 2.60. The van der Waals surface area contributed by atoms with Gasteiger partial charge in [-0.05, 0) is 36.6 Å². The van der Waals surface area contributed by atoms with Crippen molar-refractivity contribution in [3.8, 4) is 22.6 Å². The molecule has 0 radical (unpaired) electrons. The van der Waals surface area contributed by atoms with Crippen molar-refractivity contribution in [2.24, 2.45) is 5.92 Å². The van der Waals surface area contributed by atoms with Crippen LogP contribution in [0.15, 0.2) is 51.7 Å². The highest BCUT2D eigenvalue weighted by molar-refractivity contribution is 5.97. The summed E-state index contributed by atoms with van der Waals surface area (Å²) in [6.45, 7) is 6.21. The molecule has 0 spiro atoms. The number of hydrogen-bond donors (Lipinski definition) is 2. The Bertz CT molecular complexity index is 1000. The van der Waals surface area contributed by atoms with Crippen LogP contribution in [0.3, 0.4) is 0 Å². The van der Waals surface area contributed by atoms with Gasteiger partial charge in [-0.3, -0.25) is 0 Å². The fourth-order valence-electron chi connectivity index (χ4n) is 3.03. The van der Waals surface area contributed by atoms with E-state index >= 15 is 0 Å². The standard InChI is InChI=1S/C22H24O5/c1-13(2)12-26-19-9-8-15(11-18(19)24)21-16-6-4-5-7-17(16)22(25)27-20(21)10-14(3)23/h4-9,11,13-14,23-24H,10,12H2,1-3H3. The van der Waals surface area contributed by atoms with Crippen molar-refractivity contribution < 1.29 is 19.4 Å². The van der Waals surface area contributed by atoms with Crippen molar-refractivity contribution in [3.63, 3.8) is 0 Å². The first-order valence-corrected chi connectivity index (χ1v) is 9.05. The minimum absolute atomic E-state index is 0.0198. The molecule has 27 heavy (non-hydrogen) atoms. The first-order valence-electron chi connectivity index (χ1n) is 9.05. The van der Waals surface area contributed by atoms with Crippen molar-refractivity contribution in [3.05, 3.63) is 58.6 Å². The molecule has 2 N–H and O–H groups in total. The lowest BCUT2D eigenvalue weighted by atomic mass is 9.96. The van der Waals surface area contributed by atoms with Gasteiger partial charge in [0.1, 0.15) is 5.76 Å². The van der Waals surface area contributed by atoms with E-state index in [1.165, 1.54) is 0 Å². The molecule has 0 aliphatic heterocycles. The molecule has 5 heteroatoms. The molecule has 2 aromatic carbocycles. The normalized spacial score (nSPS) is 12.5. The van der Waals surface area contributed by atoms with Crippen LogP contribution < -0.4 is 10.4 Å². The van der Waals surface area contributed by atoms with E-state index in [4.69, 9.17) is 9.15 Å². The SMILES string of the molecule is CC(C)COc1ccc(-c2c(CC(C)O)oc(=O)c3ccccc23)cc1O. The number of rotatable bonds is 6. The Balaban J connectivity index is 2.16. The molecular formula is C22H24O5. The van der Waals surface area contributed by atoms with Gasteiger partial charge in [0.15, 0.2) is 11.5 Å². The summed E-state index contributed by atoms with van der Waals surface area (Å²) >= 11 is 0. The minimum Gasteiger partial charge on any atom is -0.504 e. The molecule has 5 nitrogen and oxygen atoms in total. The van der Waals surface area contributed by atoms with Crippen molar-refractivity contribution in [1.29, 1.82) is 0 Å². The van der Waals surface area contributed by atoms with E-state index in [0.29, 0.717) is 40.5 Å². The number of ether oxygens (including phenoxy) is 1. The third kappa shape index (κ3) is 4.14. The number of benzene rings is 2. The van der Waals surface area contributed by atoms with E-state index in [1.807, 2.05) is 32.0 Å². The summed E-state index contributed by atoms with van der Waals surface area (Å²) in [4.78, 5) is 12.3. The molecule has 0 aliphatic rings. The maximum Gasteiger partial charge on any atom is 0.343 e. The average molecular weight is 368 g/mol. The van der Waals surface area contributed by atoms with E-state index in [1.54, 1.807) is 31.2 Å². The molecule has 0 aliphatic carbocycles. The molecule has 1 atom stereocenters. The molecule has 0 fully saturated rings. The van der Waals surface area contributed by atoms with Gasteiger partial charge in [0.05, 0.1) is 18.1 Å². The third-order valence-electron chi connectivity index (χ3n) is 4.21. The maximum absolute atomic E-state index is 12.3. The zero-order valence-corrected chi connectivity index (χ0v) is 15.7. The number of aromatic hydroxyl groups is 1. The second-order valence-corrected chi connectivity index (χ2v) is 7.17. The monoisotopic (exact) mass is 368 g/mol. The highest BCUT2D eigenvalue weighted by Gasteiger charge is 2.18. The Kier molecular flexibility index (Phi) is 5.51. The molecule has 3 rings (SSSR count). The highest BCUT2D eigenvalue weighted by atomic mass is 16.5. The van der Waals surface area contributed by atoms with Crippen molar-refractivity contribution >= 4 is 10.8 Å². The zero-order chi connectivity index (χ0) is 19.6. The quantitative estimate of drug-likeness (QED) is 0.684. The number of fused-ring (bicyclic) bond motifs is 1. The van der Waals surface area contributed by atoms with Gasteiger partial charge < -0.3 is 19.4 Å². The molecule has 1 heterocycles. The van der Waals surface area contributed by atoms with Crippen LogP contribution in [0.2, 0.25) is 0 Å². The number of hydrogen-bond acceptors (Lipinski definition) is 5. The van der Waals surface area contributed by atoms with Crippen LogP contribution in [0, 0.1) is 5.92 Å². The zero-order valence-electron chi connectivity index (χ0n) is 15.7. The summed E-state index contributed by atoms with van der Waals surface area (Å²) in [5.41, 5.74) is 0.947. The topological polar surface area (TPSA) is 79.9 Å². The molecule has 1 unspecified atom stereocenters. The smallest absolute Gasteiger partial charge is 0.343 e. The van der Waals surface area contributed by atoms with Crippen LogP contribution in [-0.2, 0) is 6.42 Å². The highest BCUT2D eigenvalue weighted by Crippen LogP contribution is 2.36. The van der Waals surface area contributed by atoms with Crippen LogP contribution in [0.25, 0.3) is 21.9 Å². The third-order valence-corrected chi connectivity index (χ3v) is 4.21. The second-order valence-electron chi connectivity index (χ2n) is 7.17. The Labute approximate surface area is 157 Å². The van der Waals surface area contributed by atoms with Gasteiger partial charge in [0.25, 0.3) is 0 Å². The Morgan fingerprint density at radius 3 is 2.41 bits per heavy atom. The van der Waals surface area contributed by atoms with E-state index in [0.717, 1.165) is 5.39 Å². The van der Waals surface area contributed by atoms with Crippen LogP contribution in [-0.4, -0.2) is 22.9 Å². The van der Waals surface area contributed by atoms with Crippen molar-refractivity contribution in [1.82, 2.24) is 0 Å². The summed E-state index contributed by atoms with van der Waals surface area (Å²) in [5.74, 6) is 1.16. The fraction of sp³-hybridized carbons (Fsp3) is 0.318. The van der Waals surface area contributed by atoms with Crippen molar-refractivity contribution in [2.45, 2.75) is 33.3 Å². The van der Waals surface area contributed by atoms with E-state index in [-0.39, 0.29) is 12.2 Å². The minimum atomic E-state index is -0.671. The Hall–Kier alpha value is -2.79. The summed E-state index contributed by atoms with van der Waals surface area (Å²) in [6.07, 6.45) is -0.475. The first kappa shape index (κ1) is 19.0. The summed E-state index contributed by atoms with van der Waals surface area (Å²) in [7, 11) is 0. The van der Waals surface area contributed by atoms with E-state index < -0.39 is 11.7 Å². The summed E-state index contributed by atoms with van der Waals surface area (Å²) in [6, 6.07) is 12.3. The largest absolute Gasteiger partial charge is 0.504 e. The Morgan fingerprint density at radius 2 is 1.78 bits per heavy atom. The molecule has 0 bridgehead atoms. The van der Waals surface area contributed by atoms with Crippen molar-refractivity contribution in [2.75, 3.05) is 6.61 Å². The van der Waals surface area contributed by atoms with Gasteiger partial charge in [0.2, 0.25) is 0 Å². The van der Waals surface area contributed by atoms with Gasteiger partial charge in [0, 0.05) is 17.4 Å².